The number of hydrogen-bond acceptors (Lipinski definition) is 4. The molecule has 0 amide bonds. The molecule has 0 aliphatic carbocycles. The van der Waals surface area contributed by atoms with E-state index in [9.17, 15) is 0 Å². The summed E-state index contributed by atoms with van der Waals surface area (Å²) in [5, 5.41) is 12.5. The van der Waals surface area contributed by atoms with Crippen LogP contribution in [0.5, 0.6) is 5.75 Å². The van der Waals surface area contributed by atoms with Crippen molar-refractivity contribution in [3.8, 4) is 5.75 Å². The lowest BCUT2D eigenvalue weighted by atomic mass is 10.1. The van der Waals surface area contributed by atoms with Gasteiger partial charge in [-0.25, -0.2) is 0 Å². The number of ether oxygens (including phenoxy) is 1. The Balaban J connectivity index is 2.85. The first kappa shape index (κ1) is 15.3. The first-order chi connectivity index (χ1) is 8.62. The SMILES string of the molecule is CNC(C)c1ccc(OC)c(CSC(C)CO)c1. The fourth-order valence-corrected chi connectivity index (χ4v) is 2.43. The second-order valence-electron chi connectivity index (χ2n) is 4.39. The maximum Gasteiger partial charge on any atom is 0.122 e. The molecule has 0 saturated heterocycles. The van der Waals surface area contributed by atoms with Gasteiger partial charge in [-0.3, -0.25) is 0 Å². The van der Waals surface area contributed by atoms with Gasteiger partial charge in [-0.15, -0.1) is 0 Å². The van der Waals surface area contributed by atoms with E-state index in [-0.39, 0.29) is 11.9 Å². The lowest BCUT2D eigenvalue weighted by Crippen LogP contribution is -2.12. The molecule has 0 spiro atoms. The van der Waals surface area contributed by atoms with Crippen LogP contribution in [0, 0.1) is 0 Å². The molecule has 1 rings (SSSR count). The summed E-state index contributed by atoms with van der Waals surface area (Å²) in [6.45, 7) is 4.37. The van der Waals surface area contributed by atoms with Gasteiger partial charge in [-0.1, -0.05) is 13.0 Å². The Hall–Kier alpha value is -0.710. The summed E-state index contributed by atoms with van der Waals surface area (Å²) in [6, 6.07) is 6.61. The van der Waals surface area contributed by atoms with Crippen molar-refractivity contribution < 1.29 is 9.84 Å². The topological polar surface area (TPSA) is 41.5 Å². The summed E-state index contributed by atoms with van der Waals surface area (Å²) in [5.41, 5.74) is 2.44. The Morgan fingerprint density at radius 3 is 2.67 bits per heavy atom. The fraction of sp³-hybridized carbons (Fsp3) is 0.571. The summed E-state index contributed by atoms with van der Waals surface area (Å²) < 4.78 is 5.38. The molecule has 0 aromatic heterocycles. The molecule has 3 nitrogen and oxygen atoms in total. The van der Waals surface area contributed by atoms with E-state index in [2.05, 4.69) is 24.4 Å². The largest absolute Gasteiger partial charge is 0.496 e. The van der Waals surface area contributed by atoms with Crippen LogP contribution >= 0.6 is 11.8 Å². The Morgan fingerprint density at radius 1 is 1.39 bits per heavy atom. The van der Waals surface area contributed by atoms with E-state index in [4.69, 9.17) is 9.84 Å². The third-order valence-corrected chi connectivity index (χ3v) is 4.21. The third-order valence-electron chi connectivity index (χ3n) is 3.02. The first-order valence-corrected chi connectivity index (χ1v) is 7.23. The van der Waals surface area contributed by atoms with Crippen molar-refractivity contribution in [3.05, 3.63) is 29.3 Å². The van der Waals surface area contributed by atoms with Crippen molar-refractivity contribution in [2.24, 2.45) is 0 Å². The fourth-order valence-electron chi connectivity index (χ4n) is 1.63. The number of nitrogens with one attached hydrogen (secondary N) is 1. The van der Waals surface area contributed by atoms with Crippen LogP contribution in [0.2, 0.25) is 0 Å². The van der Waals surface area contributed by atoms with Crippen LogP contribution in [0.1, 0.15) is 31.0 Å². The number of methoxy groups -OCH3 is 1. The number of thioether (sulfide) groups is 1. The summed E-state index contributed by atoms with van der Waals surface area (Å²) in [5.74, 6) is 1.77. The molecule has 0 aliphatic rings. The summed E-state index contributed by atoms with van der Waals surface area (Å²) >= 11 is 1.74. The molecule has 102 valence electrons. The molecule has 1 aromatic rings. The van der Waals surface area contributed by atoms with E-state index < -0.39 is 0 Å². The average molecular weight is 269 g/mol. The number of rotatable bonds is 7. The Morgan fingerprint density at radius 2 is 2.11 bits per heavy atom. The third kappa shape index (κ3) is 4.19. The van der Waals surface area contributed by atoms with Gasteiger partial charge in [0.1, 0.15) is 5.75 Å². The van der Waals surface area contributed by atoms with Gasteiger partial charge in [0.15, 0.2) is 0 Å². The predicted molar refractivity (Wildman–Crippen MR) is 78.3 cm³/mol. The monoisotopic (exact) mass is 269 g/mol. The second-order valence-corrected chi connectivity index (χ2v) is 5.81. The molecule has 2 atom stereocenters. The quantitative estimate of drug-likeness (QED) is 0.798. The Kier molecular flexibility index (Phi) is 6.54. The molecule has 0 heterocycles. The zero-order valence-electron chi connectivity index (χ0n) is 11.6. The molecule has 0 fully saturated rings. The van der Waals surface area contributed by atoms with Gasteiger partial charge in [-0.05, 0) is 31.7 Å². The van der Waals surface area contributed by atoms with Crippen LogP contribution < -0.4 is 10.1 Å². The predicted octanol–water partition coefficient (Wildman–Crippen LogP) is 2.59. The Labute approximate surface area is 114 Å². The molecule has 2 N–H and O–H groups in total. The van der Waals surface area contributed by atoms with E-state index in [1.54, 1.807) is 18.9 Å². The van der Waals surface area contributed by atoms with E-state index in [1.165, 1.54) is 11.1 Å². The minimum atomic E-state index is 0.208. The van der Waals surface area contributed by atoms with Crippen LogP contribution in [0.3, 0.4) is 0 Å². The standard InChI is InChI=1S/C14H23NO2S/c1-10(8-16)18-9-13-7-12(11(2)15-3)5-6-14(13)17-4/h5-7,10-11,15-16H,8-9H2,1-4H3. The highest BCUT2D eigenvalue weighted by molar-refractivity contribution is 7.99. The van der Waals surface area contributed by atoms with Crippen molar-refractivity contribution in [2.75, 3.05) is 20.8 Å². The summed E-state index contributed by atoms with van der Waals surface area (Å²) in [4.78, 5) is 0. The summed E-state index contributed by atoms with van der Waals surface area (Å²) in [7, 11) is 3.65. The lowest BCUT2D eigenvalue weighted by molar-refractivity contribution is 0.300. The van der Waals surface area contributed by atoms with E-state index in [0.29, 0.717) is 6.04 Å². The van der Waals surface area contributed by atoms with Gasteiger partial charge in [-0.2, -0.15) is 11.8 Å². The van der Waals surface area contributed by atoms with E-state index >= 15 is 0 Å². The highest BCUT2D eigenvalue weighted by atomic mass is 32.2. The lowest BCUT2D eigenvalue weighted by Gasteiger charge is -2.16. The van der Waals surface area contributed by atoms with Crippen molar-refractivity contribution in [3.63, 3.8) is 0 Å². The molecule has 1 aromatic carbocycles. The Bertz CT molecular complexity index is 371. The molecule has 0 bridgehead atoms. The second kappa shape index (κ2) is 7.67. The maximum atomic E-state index is 9.06. The van der Waals surface area contributed by atoms with Crippen molar-refractivity contribution in [1.82, 2.24) is 5.32 Å². The molecule has 0 saturated carbocycles. The molecule has 2 unspecified atom stereocenters. The van der Waals surface area contributed by atoms with Crippen molar-refractivity contribution >= 4 is 11.8 Å². The van der Waals surface area contributed by atoms with Crippen LogP contribution in [-0.2, 0) is 5.75 Å². The number of benzene rings is 1. The summed E-state index contributed by atoms with van der Waals surface area (Å²) in [6.07, 6.45) is 0. The highest BCUT2D eigenvalue weighted by Crippen LogP contribution is 2.28. The van der Waals surface area contributed by atoms with Crippen molar-refractivity contribution in [2.45, 2.75) is 30.9 Å². The smallest absolute Gasteiger partial charge is 0.122 e. The number of aliphatic hydroxyl groups excluding tert-OH is 1. The average Bonchev–Trinajstić information content (AvgIpc) is 2.43. The molecule has 0 radical (unpaired) electrons. The van der Waals surface area contributed by atoms with Gasteiger partial charge < -0.3 is 15.2 Å². The number of hydrogen-bond donors (Lipinski definition) is 2. The zero-order chi connectivity index (χ0) is 13.5. The minimum Gasteiger partial charge on any atom is -0.496 e. The number of aliphatic hydroxyl groups is 1. The molecular formula is C14H23NO2S. The highest BCUT2D eigenvalue weighted by Gasteiger charge is 2.10. The zero-order valence-corrected chi connectivity index (χ0v) is 12.4. The van der Waals surface area contributed by atoms with Gasteiger partial charge in [0.25, 0.3) is 0 Å². The van der Waals surface area contributed by atoms with Crippen LogP contribution in [0.4, 0.5) is 0 Å². The van der Waals surface area contributed by atoms with Crippen LogP contribution in [-0.4, -0.2) is 31.1 Å². The molecule has 4 heteroatoms. The van der Waals surface area contributed by atoms with Crippen LogP contribution in [0.15, 0.2) is 18.2 Å². The minimum absolute atomic E-state index is 0.208. The van der Waals surface area contributed by atoms with Gasteiger partial charge >= 0.3 is 0 Å². The van der Waals surface area contributed by atoms with Gasteiger partial charge in [0.2, 0.25) is 0 Å². The normalized spacial score (nSPS) is 14.3. The first-order valence-electron chi connectivity index (χ1n) is 6.18. The van der Waals surface area contributed by atoms with Gasteiger partial charge in [0, 0.05) is 22.6 Å². The van der Waals surface area contributed by atoms with Gasteiger partial charge in [0.05, 0.1) is 13.7 Å². The van der Waals surface area contributed by atoms with Crippen LogP contribution in [0.25, 0.3) is 0 Å². The van der Waals surface area contributed by atoms with E-state index in [1.807, 2.05) is 20.0 Å². The van der Waals surface area contributed by atoms with Crippen molar-refractivity contribution in [1.29, 1.82) is 0 Å². The molecular weight excluding hydrogens is 246 g/mol. The van der Waals surface area contributed by atoms with E-state index in [0.717, 1.165) is 11.5 Å². The maximum absolute atomic E-state index is 9.06. The molecule has 18 heavy (non-hydrogen) atoms. The molecule has 0 aliphatic heterocycles.